The molecule has 0 radical (unpaired) electrons. The number of nitrogens with zero attached hydrogens (tertiary/aromatic N) is 1. The molecule has 2 aliphatic heterocycles. The van der Waals surface area contributed by atoms with Crippen molar-refractivity contribution in [3.05, 3.63) is 17.1 Å². The molecular weight excluding hydrogens is 224 g/mol. The Hall–Kier alpha value is -0.490. The van der Waals surface area contributed by atoms with Crippen LogP contribution in [0.15, 0.2) is 12.3 Å². The van der Waals surface area contributed by atoms with Crippen molar-refractivity contribution in [1.82, 2.24) is 9.69 Å². The van der Waals surface area contributed by atoms with Crippen LogP contribution in [0.4, 0.5) is 0 Å². The molecule has 2 unspecified atom stereocenters. The number of hydrogen-bond donors (Lipinski definition) is 1. The largest absolute Gasteiger partial charge is 0.378 e. The van der Waals surface area contributed by atoms with Gasteiger partial charge >= 0.3 is 0 Å². The maximum Gasteiger partial charge on any atom is 0.112 e. The summed E-state index contributed by atoms with van der Waals surface area (Å²) in [5.74, 6) is 0. The summed E-state index contributed by atoms with van der Waals surface area (Å²) < 4.78 is 15.8. The maximum atomic E-state index is 6.03. The molecule has 4 nitrogen and oxygen atoms in total. The van der Waals surface area contributed by atoms with Crippen molar-refractivity contribution in [2.45, 2.75) is 24.5 Å². The standard InChI is InChI=1S/C11H16N2O2S/c1-3-11(8-14-6-1)10(12-5-7-15-11)9-2-4-13-16-9/h2,4,10,12H,1,3,5-8H2. The van der Waals surface area contributed by atoms with Gasteiger partial charge in [-0.1, -0.05) is 0 Å². The molecule has 3 rings (SSSR count). The van der Waals surface area contributed by atoms with Crippen molar-refractivity contribution in [2.24, 2.45) is 0 Å². The van der Waals surface area contributed by atoms with Crippen molar-refractivity contribution in [3.63, 3.8) is 0 Å². The van der Waals surface area contributed by atoms with E-state index in [0.29, 0.717) is 6.61 Å². The van der Waals surface area contributed by atoms with Crippen LogP contribution in [0.3, 0.4) is 0 Å². The minimum Gasteiger partial charge on any atom is -0.378 e. The Bertz CT molecular complexity index is 327. The molecule has 88 valence electrons. The second kappa shape index (κ2) is 4.41. The van der Waals surface area contributed by atoms with E-state index in [1.54, 1.807) is 11.5 Å². The molecule has 0 aliphatic carbocycles. The number of nitrogens with one attached hydrogen (secondary N) is 1. The second-order valence-electron chi connectivity index (χ2n) is 4.37. The topological polar surface area (TPSA) is 43.4 Å². The Morgan fingerprint density at radius 2 is 2.50 bits per heavy atom. The van der Waals surface area contributed by atoms with Gasteiger partial charge in [0.2, 0.25) is 0 Å². The zero-order chi connectivity index (χ0) is 10.8. The monoisotopic (exact) mass is 240 g/mol. The highest BCUT2D eigenvalue weighted by Crippen LogP contribution is 2.39. The number of ether oxygens (including phenoxy) is 2. The van der Waals surface area contributed by atoms with Crippen LogP contribution in [0.1, 0.15) is 23.8 Å². The SMILES string of the molecule is c1cc(C2NCCOC23CCCOC3)sn1. The van der Waals surface area contributed by atoms with E-state index in [-0.39, 0.29) is 11.6 Å². The summed E-state index contributed by atoms with van der Waals surface area (Å²) in [5.41, 5.74) is -0.164. The Kier molecular flexibility index (Phi) is 2.93. The molecule has 0 bridgehead atoms. The van der Waals surface area contributed by atoms with Gasteiger partial charge in [0.25, 0.3) is 0 Å². The minimum absolute atomic E-state index is 0.164. The normalized spacial score (nSPS) is 35.4. The molecule has 2 fully saturated rings. The fourth-order valence-corrected chi connectivity index (χ4v) is 3.36. The zero-order valence-corrected chi connectivity index (χ0v) is 9.96. The summed E-state index contributed by atoms with van der Waals surface area (Å²) in [4.78, 5) is 1.25. The number of aromatic nitrogens is 1. The first-order chi connectivity index (χ1) is 7.91. The average molecular weight is 240 g/mol. The number of morpholine rings is 1. The van der Waals surface area contributed by atoms with E-state index in [0.717, 1.165) is 32.6 Å². The molecule has 1 N–H and O–H groups in total. The lowest BCUT2D eigenvalue weighted by Crippen LogP contribution is -2.56. The average Bonchev–Trinajstić information content (AvgIpc) is 2.84. The van der Waals surface area contributed by atoms with Gasteiger partial charge in [-0.05, 0) is 30.4 Å². The third-order valence-corrected chi connectivity index (χ3v) is 4.15. The van der Waals surface area contributed by atoms with Gasteiger partial charge in [-0.2, -0.15) is 0 Å². The quantitative estimate of drug-likeness (QED) is 0.805. The summed E-state index contributed by atoms with van der Waals surface area (Å²) in [7, 11) is 0. The highest BCUT2D eigenvalue weighted by molar-refractivity contribution is 7.05. The number of hydrogen-bond acceptors (Lipinski definition) is 5. The molecule has 1 aromatic rings. The molecule has 3 heterocycles. The Morgan fingerprint density at radius 1 is 1.50 bits per heavy atom. The smallest absolute Gasteiger partial charge is 0.112 e. The van der Waals surface area contributed by atoms with Gasteiger partial charge in [-0.25, -0.2) is 4.37 Å². The van der Waals surface area contributed by atoms with Crippen LogP contribution in [0.25, 0.3) is 0 Å². The lowest BCUT2D eigenvalue weighted by molar-refractivity contribution is -0.164. The van der Waals surface area contributed by atoms with Gasteiger partial charge in [0.1, 0.15) is 5.60 Å². The van der Waals surface area contributed by atoms with Gasteiger partial charge in [0, 0.05) is 24.2 Å². The molecule has 0 aromatic carbocycles. The predicted molar refractivity (Wildman–Crippen MR) is 61.6 cm³/mol. The predicted octanol–water partition coefficient (Wildman–Crippen LogP) is 1.35. The molecule has 2 saturated heterocycles. The fourth-order valence-electron chi connectivity index (χ4n) is 2.59. The van der Waals surface area contributed by atoms with Gasteiger partial charge in [-0.3, -0.25) is 0 Å². The lowest BCUT2D eigenvalue weighted by atomic mass is 9.86. The van der Waals surface area contributed by atoms with Crippen molar-refractivity contribution < 1.29 is 9.47 Å². The fraction of sp³-hybridized carbons (Fsp3) is 0.727. The zero-order valence-electron chi connectivity index (χ0n) is 9.15. The summed E-state index contributed by atoms with van der Waals surface area (Å²) >= 11 is 1.55. The molecule has 1 spiro atoms. The van der Waals surface area contributed by atoms with E-state index < -0.39 is 0 Å². The Labute approximate surface area is 99.1 Å². The van der Waals surface area contributed by atoms with E-state index in [1.165, 1.54) is 4.88 Å². The third-order valence-electron chi connectivity index (χ3n) is 3.34. The molecule has 1 aromatic heterocycles. The van der Waals surface area contributed by atoms with Crippen LogP contribution in [-0.4, -0.2) is 36.3 Å². The van der Waals surface area contributed by atoms with Gasteiger partial charge in [0.05, 0.1) is 19.3 Å². The van der Waals surface area contributed by atoms with Crippen LogP contribution in [0, 0.1) is 0 Å². The van der Waals surface area contributed by atoms with Crippen LogP contribution >= 0.6 is 11.5 Å². The van der Waals surface area contributed by atoms with Crippen molar-refractivity contribution in [3.8, 4) is 0 Å². The molecule has 2 aliphatic rings. The van der Waals surface area contributed by atoms with Crippen molar-refractivity contribution in [2.75, 3.05) is 26.4 Å². The van der Waals surface area contributed by atoms with Crippen LogP contribution in [0.5, 0.6) is 0 Å². The highest BCUT2D eigenvalue weighted by Gasteiger charge is 2.45. The van der Waals surface area contributed by atoms with Gasteiger partial charge in [-0.15, -0.1) is 0 Å². The molecule has 0 amide bonds. The second-order valence-corrected chi connectivity index (χ2v) is 5.24. The molecule has 0 saturated carbocycles. The summed E-state index contributed by atoms with van der Waals surface area (Å²) in [6.45, 7) is 3.24. The van der Waals surface area contributed by atoms with E-state index in [1.807, 2.05) is 6.20 Å². The first-order valence-corrected chi connectivity index (χ1v) is 6.54. The van der Waals surface area contributed by atoms with Crippen molar-refractivity contribution in [1.29, 1.82) is 0 Å². The molecular formula is C11H16N2O2S. The van der Waals surface area contributed by atoms with E-state index in [9.17, 15) is 0 Å². The maximum absolute atomic E-state index is 6.03. The lowest BCUT2D eigenvalue weighted by Gasteiger charge is -2.45. The van der Waals surface area contributed by atoms with Crippen LogP contribution < -0.4 is 5.32 Å². The minimum atomic E-state index is -0.164. The van der Waals surface area contributed by atoms with E-state index in [2.05, 4.69) is 15.8 Å². The first kappa shape index (κ1) is 10.7. The van der Waals surface area contributed by atoms with E-state index in [4.69, 9.17) is 9.47 Å². The highest BCUT2D eigenvalue weighted by atomic mass is 32.1. The van der Waals surface area contributed by atoms with E-state index >= 15 is 0 Å². The number of rotatable bonds is 1. The first-order valence-electron chi connectivity index (χ1n) is 5.76. The van der Waals surface area contributed by atoms with Crippen molar-refractivity contribution >= 4 is 11.5 Å². The van der Waals surface area contributed by atoms with Gasteiger partial charge < -0.3 is 14.8 Å². The van der Waals surface area contributed by atoms with Crippen LogP contribution in [-0.2, 0) is 9.47 Å². The molecule has 16 heavy (non-hydrogen) atoms. The van der Waals surface area contributed by atoms with Crippen LogP contribution in [0.2, 0.25) is 0 Å². The van der Waals surface area contributed by atoms with Gasteiger partial charge in [0.15, 0.2) is 0 Å². The molecule has 2 atom stereocenters. The Balaban J connectivity index is 1.88. The summed E-state index contributed by atoms with van der Waals surface area (Å²) in [5, 5.41) is 3.55. The summed E-state index contributed by atoms with van der Waals surface area (Å²) in [6.07, 6.45) is 4.01. The third kappa shape index (κ3) is 1.78. The Morgan fingerprint density at radius 3 is 3.25 bits per heavy atom. The summed E-state index contributed by atoms with van der Waals surface area (Å²) in [6, 6.07) is 2.32. The molecule has 5 heteroatoms.